The zero-order valence-electron chi connectivity index (χ0n) is 13.7. The van der Waals surface area contributed by atoms with Crippen molar-refractivity contribution in [2.45, 2.75) is 12.7 Å². The number of carbonyl (C=O) groups is 1. The SMILES string of the molecule is O=C(C=Cc1cccc(C(F)(F)F)c1)NCc1ccc2c(c1)OCCO2. The van der Waals surface area contributed by atoms with E-state index in [0.717, 1.165) is 17.7 Å². The minimum atomic E-state index is -4.41. The number of carbonyl (C=O) groups excluding carboxylic acids is 1. The number of rotatable bonds is 4. The Morgan fingerprint density at radius 3 is 2.62 bits per heavy atom. The standard InChI is InChI=1S/C19H16F3NO3/c20-19(21,22)15-3-1-2-13(10-15)5-7-18(24)23-12-14-4-6-16-17(11-14)26-9-8-25-16/h1-7,10-11H,8-9,12H2,(H,23,24). The van der Waals surface area contributed by atoms with Gasteiger partial charge in [0.1, 0.15) is 13.2 Å². The van der Waals surface area contributed by atoms with E-state index in [9.17, 15) is 18.0 Å². The molecule has 1 aliphatic heterocycles. The summed E-state index contributed by atoms with van der Waals surface area (Å²) in [5.41, 5.74) is 0.376. The Balaban J connectivity index is 1.58. The first-order valence-corrected chi connectivity index (χ1v) is 7.93. The maximum absolute atomic E-state index is 12.7. The van der Waals surface area contributed by atoms with Crippen LogP contribution in [0.2, 0.25) is 0 Å². The predicted molar refractivity (Wildman–Crippen MR) is 89.8 cm³/mol. The number of nitrogens with one attached hydrogen (secondary N) is 1. The zero-order chi connectivity index (χ0) is 18.6. The highest BCUT2D eigenvalue weighted by atomic mass is 19.4. The van der Waals surface area contributed by atoms with E-state index in [0.29, 0.717) is 30.3 Å². The summed E-state index contributed by atoms with van der Waals surface area (Å²) in [5, 5.41) is 2.68. The minimum absolute atomic E-state index is 0.266. The molecule has 0 unspecified atom stereocenters. The van der Waals surface area contributed by atoms with Gasteiger partial charge in [-0.1, -0.05) is 18.2 Å². The summed E-state index contributed by atoms with van der Waals surface area (Å²) in [7, 11) is 0. The van der Waals surface area contributed by atoms with E-state index in [-0.39, 0.29) is 6.54 Å². The summed E-state index contributed by atoms with van der Waals surface area (Å²) in [6.07, 6.45) is -1.87. The molecule has 0 aromatic heterocycles. The van der Waals surface area contributed by atoms with Gasteiger partial charge < -0.3 is 14.8 Å². The van der Waals surface area contributed by atoms with Gasteiger partial charge in [0, 0.05) is 12.6 Å². The van der Waals surface area contributed by atoms with Crippen LogP contribution in [0.1, 0.15) is 16.7 Å². The van der Waals surface area contributed by atoms with E-state index < -0.39 is 17.6 Å². The lowest BCUT2D eigenvalue weighted by atomic mass is 10.1. The van der Waals surface area contributed by atoms with E-state index in [4.69, 9.17) is 9.47 Å². The molecule has 0 radical (unpaired) electrons. The summed E-state index contributed by atoms with van der Waals surface area (Å²) in [4.78, 5) is 11.9. The Bertz CT molecular complexity index is 831. The topological polar surface area (TPSA) is 47.6 Å². The van der Waals surface area contributed by atoms with Gasteiger partial charge in [0.2, 0.25) is 5.91 Å². The van der Waals surface area contributed by atoms with Crippen molar-refractivity contribution in [1.82, 2.24) is 5.32 Å². The van der Waals surface area contributed by atoms with Gasteiger partial charge in [-0.15, -0.1) is 0 Å². The summed E-state index contributed by atoms with van der Waals surface area (Å²) >= 11 is 0. The van der Waals surface area contributed by atoms with Crippen molar-refractivity contribution in [3.8, 4) is 11.5 Å². The van der Waals surface area contributed by atoms with Crippen molar-refractivity contribution < 1.29 is 27.4 Å². The summed E-state index contributed by atoms with van der Waals surface area (Å²) in [6.45, 7) is 1.24. The molecule has 26 heavy (non-hydrogen) atoms. The van der Waals surface area contributed by atoms with Gasteiger partial charge in [-0.05, 0) is 41.5 Å². The highest BCUT2D eigenvalue weighted by Crippen LogP contribution is 2.31. The van der Waals surface area contributed by atoms with Gasteiger partial charge >= 0.3 is 6.18 Å². The maximum atomic E-state index is 12.7. The molecule has 0 spiro atoms. The average molecular weight is 363 g/mol. The normalized spacial score (nSPS) is 13.7. The first-order valence-electron chi connectivity index (χ1n) is 7.93. The molecule has 1 heterocycles. The molecule has 0 saturated heterocycles. The summed E-state index contributed by atoms with van der Waals surface area (Å²) < 4.78 is 48.9. The number of alkyl halides is 3. The van der Waals surface area contributed by atoms with Crippen molar-refractivity contribution in [2.75, 3.05) is 13.2 Å². The van der Waals surface area contributed by atoms with Crippen LogP contribution in [0.25, 0.3) is 6.08 Å². The third-order valence-electron chi connectivity index (χ3n) is 3.71. The van der Waals surface area contributed by atoms with Crippen molar-refractivity contribution in [3.05, 3.63) is 65.2 Å². The molecule has 7 heteroatoms. The van der Waals surface area contributed by atoms with E-state index in [1.165, 1.54) is 24.3 Å². The van der Waals surface area contributed by atoms with Crippen LogP contribution in [-0.2, 0) is 17.5 Å². The minimum Gasteiger partial charge on any atom is -0.486 e. The molecule has 0 atom stereocenters. The molecule has 2 aromatic carbocycles. The highest BCUT2D eigenvalue weighted by Gasteiger charge is 2.30. The predicted octanol–water partition coefficient (Wildman–Crippen LogP) is 3.81. The third-order valence-corrected chi connectivity index (χ3v) is 3.71. The number of fused-ring (bicyclic) bond motifs is 1. The number of hydrogen-bond acceptors (Lipinski definition) is 3. The van der Waals surface area contributed by atoms with Crippen LogP contribution in [0.15, 0.2) is 48.5 Å². The lowest BCUT2D eigenvalue weighted by Gasteiger charge is -2.18. The smallest absolute Gasteiger partial charge is 0.416 e. The lowest BCUT2D eigenvalue weighted by molar-refractivity contribution is -0.137. The second-order valence-electron chi connectivity index (χ2n) is 5.65. The molecule has 0 aliphatic carbocycles. The van der Waals surface area contributed by atoms with Gasteiger partial charge in [-0.25, -0.2) is 0 Å². The molecule has 3 rings (SSSR count). The number of halogens is 3. The van der Waals surface area contributed by atoms with Crippen molar-refractivity contribution >= 4 is 12.0 Å². The Labute approximate surface area is 148 Å². The summed E-state index contributed by atoms with van der Waals surface area (Å²) in [6, 6.07) is 10.1. The lowest BCUT2D eigenvalue weighted by Crippen LogP contribution is -2.21. The van der Waals surface area contributed by atoms with E-state index in [2.05, 4.69) is 5.32 Å². The fourth-order valence-electron chi connectivity index (χ4n) is 2.44. The molecule has 136 valence electrons. The van der Waals surface area contributed by atoms with Crippen LogP contribution in [0.5, 0.6) is 11.5 Å². The largest absolute Gasteiger partial charge is 0.486 e. The van der Waals surface area contributed by atoms with Crippen LogP contribution in [0.4, 0.5) is 13.2 Å². The Morgan fingerprint density at radius 2 is 1.85 bits per heavy atom. The van der Waals surface area contributed by atoms with Gasteiger partial charge in [0.05, 0.1) is 5.56 Å². The van der Waals surface area contributed by atoms with Gasteiger partial charge in [0.15, 0.2) is 11.5 Å². The molecule has 1 N–H and O–H groups in total. The van der Waals surface area contributed by atoms with E-state index in [1.807, 2.05) is 6.07 Å². The van der Waals surface area contributed by atoms with Crippen LogP contribution in [0, 0.1) is 0 Å². The average Bonchev–Trinajstić information content (AvgIpc) is 2.64. The first-order chi connectivity index (χ1) is 12.4. The van der Waals surface area contributed by atoms with Gasteiger partial charge in [-0.2, -0.15) is 13.2 Å². The quantitative estimate of drug-likeness (QED) is 0.841. The van der Waals surface area contributed by atoms with Crippen molar-refractivity contribution in [2.24, 2.45) is 0 Å². The first kappa shape index (κ1) is 17.8. The third kappa shape index (κ3) is 4.56. The fourth-order valence-corrected chi connectivity index (χ4v) is 2.44. The maximum Gasteiger partial charge on any atom is 0.416 e. The number of hydrogen-bond donors (Lipinski definition) is 1. The number of benzene rings is 2. The summed E-state index contributed by atoms with van der Waals surface area (Å²) in [5.74, 6) is 0.885. The second kappa shape index (κ2) is 7.51. The van der Waals surface area contributed by atoms with E-state index >= 15 is 0 Å². The Kier molecular flexibility index (Phi) is 5.16. The molecule has 0 saturated carbocycles. The number of amides is 1. The molecule has 2 aromatic rings. The number of ether oxygens (including phenoxy) is 2. The van der Waals surface area contributed by atoms with Crippen LogP contribution >= 0.6 is 0 Å². The molecular formula is C19H16F3NO3. The fraction of sp³-hybridized carbons (Fsp3) is 0.211. The van der Waals surface area contributed by atoms with Gasteiger partial charge in [-0.3, -0.25) is 4.79 Å². The molecule has 1 amide bonds. The molecule has 1 aliphatic rings. The van der Waals surface area contributed by atoms with Crippen LogP contribution in [0.3, 0.4) is 0 Å². The highest BCUT2D eigenvalue weighted by molar-refractivity contribution is 5.91. The van der Waals surface area contributed by atoms with E-state index in [1.54, 1.807) is 12.1 Å². The zero-order valence-corrected chi connectivity index (χ0v) is 13.7. The Hall–Kier alpha value is -2.96. The molecule has 0 fully saturated rings. The second-order valence-corrected chi connectivity index (χ2v) is 5.65. The molecule has 0 bridgehead atoms. The van der Waals surface area contributed by atoms with Crippen molar-refractivity contribution in [1.29, 1.82) is 0 Å². The monoisotopic (exact) mass is 363 g/mol. The van der Waals surface area contributed by atoms with Gasteiger partial charge in [0.25, 0.3) is 0 Å². The molecule has 4 nitrogen and oxygen atoms in total. The molecular weight excluding hydrogens is 347 g/mol. The van der Waals surface area contributed by atoms with Crippen LogP contribution < -0.4 is 14.8 Å². The van der Waals surface area contributed by atoms with Crippen LogP contribution in [-0.4, -0.2) is 19.1 Å². The Morgan fingerprint density at radius 1 is 1.08 bits per heavy atom. The van der Waals surface area contributed by atoms with Crippen molar-refractivity contribution in [3.63, 3.8) is 0 Å².